The Balaban J connectivity index is 1.54. The lowest BCUT2D eigenvalue weighted by atomic mass is 9.59. The molecule has 7 atom stereocenters. The third-order valence-corrected chi connectivity index (χ3v) is 9.72. The summed E-state index contributed by atoms with van der Waals surface area (Å²) in [7, 11) is 0. The summed E-state index contributed by atoms with van der Waals surface area (Å²) in [6.07, 6.45) is 16.7. The zero-order valence-electron chi connectivity index (χ0n) is 14.8. The van der Waals surface area contributed by atoms with Gasteiger partial charge in [-0.2, -0.15) is 10.3 Å². The number of nitrogens with zero attached hydrogens (tertiary/aromatic N) is 2. The number of hydrogen-bond donors (Lipinski definition) is 0. The van der Waals surface area contributed by atoms with Crippen molar-refractivity contribution in [3.8, 4) is 6.19 Å². The molecule has 7 unspecified atom stereocenters. The maximum Gasteiger partial charge on any atom is 0.205 e. The van der Waals surface area contributed by atoms with Gasteiger partial charge >= 0.3 is 0 Å². The van der Waals surface area contributed by atoms with Crippen molar-refractivity contribution >= 4 is 5.71 Å². The molecule has 2 nitrogen and oxygen atoms in total. The molecule has 0 aromatic carbocycles. The van der Waals surface area contributed by atoms with E-state index in [1.165, 1.54) is 57.8 Å². The Kier molecular flexibility index (Phi) is 2.78. The fourth-order valence-corrected chi connectivity index (χ4v) is 9.29. The number of hydrogen-bond acceptors (Lipinski definition) is 2. The minimum absolute atomic E-state index is 0.427. The molecule has 2 spiro atoms. The molecule has 0 heterocycles. The molecular formula is C21H30N2. The summed E-state index contributed by atoms with van der Waals surface area (Å²) < 4.78 is 0. The van der Waals surface area contributed by atoms with Crippen molar-refractivity contribution in [3.05, 3.63) is 0 Å². The summed E-state index contributed by atoms with van der Waals surface area (Å²) in [5, 5.41) is 9.00. The maximum atomic E-state index is 9.00. The molecule has 0 aromatic rings. The molecular weight excluding hydrogens is 280 g/mol. The van der Waals surface area contributed by atoms with Gasteiger partial charge in [0, 0.05) is 11.6 Å². The SMILES string of the molecule is CC(=NC#N)C1CCC2C1(C)CCC1C34CCCCC3CCC214. The van der Waals surface area contributed by atoms with Crippen LogP contribution in [0.25, 0.3) is 0 Å². The molecule has 124 valence electrons. The number of rotatable bonds is 1. The molecule has 0 aromatic heterocycles. The summed E-state index contributed by atoms with van der Waals surface area (Å²) >= 11 is 0. The van der Waals surface area contributed by atoms with E-state index in [0.29, 0.717) is 16.7 Å². The van der Waals surface area contributed by atoms with Gasteiger partial charge in [-0.1, -0.05) is 19.8 Å². The van der Waals surface area contributed by atoms with Crippen LogP contribution in [0, 0.1) is 51.4 Å². The van der Waals surface area contributed by atoms with E-state index in [1.807, 2.05) is 0 Å². The average Bonchev–Trinajstić information content (AvgIpc) is 2.84. The zero-order chi connectivity index (χ0) is 15.9. The number of fused-ring (bicyclic) bond motifs is 1. The van der Waals surface area contributed by atoms with Gasteiger partial charge in [0.15, 0.2) is 0 Å². The van der Waals surface area contributed by atoms with E-state index < -0.39 is 0 Å². The second kappa shape index (κ2) is 4.41. The summed E-state index contributed by atoms with van der Waals surface area (Å²) in [5.41, 5.74) is 3.03. The standard InChI is InChI=1S/C21H30N2/c1-14(23-13-22)16-6-7-17-19(16,2)11-9-18-20-10-4-3-5-15(20)8-12-21(17,18)20/h15-18H,3-12H2,1-2H3. The lowest BCUT2D eigenvalue weighted by Gasteiger charge is -2.45. The number of aliphatic imine (C=N–C) groups is 1. The lowest BCUT2D eigenvalue weighted by molar-refractivity contribution is 0.0512. The fraction of sp³-hybridized carbons (Fsp3) is 0.905. The third-order valence-electron chi connectivity index (χ3n) is 9.72. The summed E-state index contributed by atoms with van der Waals surface area (Å²) in [6, 6.07) is 0. The second-order valence-corrected chi connectivity index (χ2v) is 9.69. The van der Waals surface area contributed by atoms with E-state index in [4.69, 9.17) is 5.26 Å². The molecule has 0 radical (unpaired) electrons. The molecule has 0 amide bonds. The van der Waals surface area contributed by atoms with Gasteiger partial charge in [0.2, 0.25) is 6.19 Å². The first-order valence-corrected chi connectivity index (χ1v) is 10.0. The first kappa shape index (κ1) is 14.5. The Bertz CT molecular complexity index is 616. The molecule has 0 saturated heterocycles. The quantitative estimate of drug-likeness (QED) is 0.475. The van der Waals surface area contributed by atoms with Crippen LogP contribution in [0.15, 0.2) is 4.99 Å². The highest BCUT2D eigenvalue weighted by Crippen LogP contribution is 2.91. The Morgan fingerprint density at radius 3 is 2.65 bits per heavy atom. The van der Waals surface area contributed by atoms with Crippen LogP contribution in [0.1, 0.15) is 78.1 Å². The van der Waals surface area contributed by atoms with E-state index in [9.17, 15) is 0 Å². The van der Waals surface area contributed by atoms with Crippen molar-refractivity contribution in [1.82, 2.24) is 0 Å². The highest BCUT2D eigenvalue weighted by Gasteiger charge is 2.85. The first-order chi connectivity index (χ1) is 11.1. The van der Waals surface area contributed by atoms with Crippen molar-refractivity contribution in [2.24, 2.45) is 44.9 Å². The van der Waals surface area contributed by atoms with Crippen LogP contribution in [0.2, 0.25) is 0 Å². The fourth-order valence-electron chi connectivity index (χ4n) is 9.29. The Morgan fingerprint density at radius 1 is 0.957 bits per heavy atom. The van der Waals surface area contributed by atoms with Crippen molar-refractivity contribution in [2.45, 2.75) is 78.1 Å². The van der Waals surface area contributed by atoms with Crippen molar-refractivity contribution in [2.75, 3.05) is 0 Å². The second-order valence-electron chi connectivity index (χ2n) is 9.69. The molecule has 5 fully saturated rings. The van der Waals surface area contributed by atoms with Crippen LogP contribution in [-0.2, 0) is 0 Å². The van der Waals surface area contributed by atoms with Gasteiger partial charge in [-0.3, -0.25) is 0 Å². The Morgan fingerprint density at radius 2 is 1.83 bits per heavy atom. The van der Waals surface area contributed by atoms with Crippen molar-refractivity contribution in [3.63, 3.8) is 0 Å². The van der Waals surface area contributed by atoms with E-state index in [-0.39, 0.29) is 0 Å². The van der Waals surface area contributed by atoms with Gasteiger partial charge < -0.3 is 0 Å². The molecule has 5 aliphatic rings. The van der Waals surface area contributed by atoms with E-state index in [1.54, 1.807) is 6.42 Å². The van der Waals surface area contributed by atoms with Gasteiger partial charge in [0.05, 0.1) is 0 Å². The third kappa shape index (κ3) is 1.41. The minimum atomic E-state index is 0.427. The average molecular weight is 310 g/mol. The number of nitriles is 1. The molecule has 2 heteroatoms. The highest BCUT2D eigenvalue weighted by molar-refractivity contribution is 5.86. The summed E-state index contributed by atoms with van der Waals surface area (Å²) in [6.45, 7) is 4.69. The van der Waals surface area contributed by atoms with Gasteiger partial charge in [0.1, 0.15) is 0 Å². The minimum Gasteiger partial charge on any atom is -0.183 e. The Labute approximate surface area is 140 Å². The van der Waals surface area contributed by atoms with E-state index >= 15 is 0 Å². The van der Waals surface area contributed by atoms with Crippen LogP contribution in [-0.4, -0.2) is 5.71 Å². The van der Waals surface area contributed by atoms with Crippen LogP contribution >= 0.6 is 0 Å². The van der Waals surface area contributed by atoms with Crippen molar-refractivity contribution in [1.29, 1.82) is 5.26 Å². The lowest BCUT2D eigenvalue weighted by Crippen LogP contribution is -2.40. The highest BCUT2D eigenvalue weighted by atomic mass is 14.9. The summed E-state index contributed by atoms with van der Waals surface area (Å²) in [4.78, 5) is 4.17. The first-order valence-electron chi connectivity index (χ1n) is 10.0. The van der Waals surface area contributed by atoms with Crippen LogP contribution in [0.3, 0.4) is 0 Å². The summed E-state index contributed by atoms with van der Waals surface area (Å²) in [5.74, 6) is 3.63. The van der Waals surface area contributed by atoms with Gasteiger partial charge in [0.25, 0.3) is 0 Å². The van der Waals surface area contributed by atoms with Gasteiger partial charge in [-0.15, -0.1) is 0 Å². The molecule has 0 bridgehead atoms. The van der Waals surface area contributed by atoms with Crippen LogP contribution in [0.4, 0.5) is 0 Å². The molecule has 23 heavy (non-hydrogen) atoms. The Hall–Kier alpha value is -0.840. The van der Waals surface area contributed by atoms with Crippen molar-refractivity contribution < 1.29 is 0 Å². The molecule has 0 aliphatic heterocycles. The largest absolute Gasteiger partial charge is 0.205 e. The molecule has 5 saturated carbocycles. The molecule has 5 aliphatic carbocycles. The molecule has 0 N–H and O–H groups in total. The smallest absolute Gasteiger partial charge is 0.183 e. The maximum absolute atomic E-state index is 9.00. The van der Waals surface area contributed by atoms with Crippen LogP contribution in [0.5, 0.6) is 0 Å². The predicted octanol–water partition coefficient (Wildman–Crippen LogP) is 5.34. The monoisotopic (exact) mass is 310 g/mol. The predicted molar refractivity (Wildman–Crippen MR) is 91.8 cm³/mol. The molecule has 5 rings (SSSR count). The van der Waals surface area contributed by atoms with Crippen LogP contribution < -0.4 is 0 Å². The normalized spacial score (nSPS) is 57.0. The zero-order valence-corrected chi connectivity index (χ0v) is 14.8. The topological polar surface area (TPSA) is 36.1 Å². The van der Waals surface area contributed by atoms with E-state index in [0.717, 1.165) is 28.9 Å². The van der Waals surface area contributed by atoms with Gasteiger partial charge in [-0.25, -0.2) is 0 Å². The van der Waals surface area contributed by atoms with Gasteiger partial charge in [-0.05, 0) is 92.3 Å². The van der Waals surface area contributed by atoms with E-state index in [2.05, 4.69) is 25.0 Å².